The van der Waals surface area contributed by atoms with Crippen LogP contribution >= 0.6 is 0 Å². The maximum absolute atomic E-state index is 3.85. The van der Waals surface area contributed by atoms with Crippen molar-refractivity contribution < 1.29 is 49.0 Å². The Bertz CT molecular complexity index is 1560. The third-order valence-corrected chi connectivity index (χ3v) is 9.20. The number of fused-ring (bicyclic) bond motifs is 3. The van der Waals surface area contributed by atoms with Crippen molar-refractivity contribution in [3.63, 3.8) is 0 Å². The molecule has 0 nitrogen and oxygen atoms in total. The van der Waals surface area contributed by atoms with Gasteiger partial charge in [-0.2, -0.15) is 12.1 Å². The molecular weight excluding hydrogens is 631 g/mol. The number of allylic oxidation sites excluding steroid dienone is 4. The summed E-state index contributed by atoms with van der Waals surface area (Å²) in [5.74, 6) is 0. The van der Waals surface area contributed by atoms with E-state index >= 15 is 0 Å². The van der Waals surface area contributed by atoms with Crippen molar-refractivity contribution in [2.45, 2.75) is 65.2 Å². The van der Waals surface area contributed by atoms with Gasteiger partial charge in [0.15, 0.2) is 0 Å². The van der Waals surface area contributed by atoms with Crippen LogP contribution in [-0.4, -0.2) is 3.21 Å². The average molecular weight is 670 g/mol. The van der Waals surface area contributed by atoms with Crippen LogP contribution in [-0.2, 0) is 41.5 Å². The average Bonchev–Trinajstić information content (AvgIpc) is 3.60. The molecule has 4 aromatic carbocycles. The van der Waals surface area contributed by atoms with Crippen molar-refractivity contribution in [2.75, 3.05) is 0 Å². The molecule has 2 aliphatic rings. The third-order valence-electron chi connectivity index (χ3n) is 7.78. The van der Waals surface area contributed by atoms with Crippen molar-refractivity contribution in [3.05, 3.63) is 148 Å². The molecule has 0 radical (unpaired) electrons. The van der Waals surface area contributed by atoms with Crippen molar-refractivity contribution >= 4 is 8.78 Å². The molecule has 6 rings (SSSR count). The van der Waals surface area contributed by atoms with Gasteiger partial charge in [-0.15, -0.1) is 22.3 Å². The molecule has 2 aliphatic carbocycles. The van der Waals surface area contributed by atoms with E-state index in [9.17, 15) is 0 Å². The molecule has 0 unspecified atom stereocenters. The summed E-state index contributed by atoms with van der Waals surface area (Å²) in [5, 5.41) is 0. The van der Waals surface area contributed by atoms with Gasteiger partial charge in [-0.3, -0.25) is 0 Å². The molecule has 0 spiro atoms. The molecule has 0 aliphatic heterocycles. The second kappa shape index (κ2) is 14.0. The van der Waals surface area contributed by atoms with Crippen LogP contribution in [0.2, 0.25) is 0 Å². The molecule has 0 N–H and O–H groups in total. The van der Waals surface area contributed by atoms with Gasteiger partial charge in [0.05, 0.1) is 0 Å². The summed E-state index contributed by atoms with van der Waals surface area (Å²) in [5.41, 5.74) is 14.1. The Morgan fingerprint density at radius 1 is 0.690 bits per heavy atom. The quantitative estimate of drug-likeness (QED) is 0.257. The third kappa shape index (κ3) is 7.60. The Morgan fingerprint density at radius 2 is 1.29 bits per heavy atom. The van der Waals surface area contributed by atoms with Crippen LogP contribution in [0.3, 0.4) is 0 Å². The van der Waals surface area contributed by atoms with E-state index in [0.717, 1.165) is 12.8 Å². The Kier molecular flexibility index (Phi) is 11.4. The number of hydrogen-bond donors (Lipinski definition) is 0. The van der Waals surface area contributed by atoms with Crippen molar-refractivity contribution in [2.24, 2.45) is 0 Å². The van der Waals surface area contributed by atoms with Crippen molar-refractivity contribution in [3.8, 4) is 11.1 Å². The zero-order valence-electron chi connectivity index (χ0n) is 25.5. The van der Waals surface area contributed by atoms with Crippen LogP contribution in [0.4, 0.5) is 0 Å². The molecule has 3 heteroatoms. The van der Waals surface area contributed by atoms with Gasteiger partial charge < -0.3 is 24.8 Å². The molecule has 0 heterocycles. The van der Waals surface area contributed by atoms with E-state index in [4.69, 9.17) is 0 Å². The van der Waals surface area contributed by atoms with E-state index in [-0.39, 0.29) is 35.6 Å². The van der Waals surface area contributed by atoms with E-state index in [1.54, 1.807) is 0 Å². The predicted molar refractivity (Wildman–Crippen MR) is 169 cm³/mol. The zero-order valence-corrected chi connectivity index (χ0v) is 29.5. The Balaban J connectivity index is 0.000000258. The molecule has 0 saturated heterocycles. The van der Waals surface area contributed by atoms with E-state index in [1.807, 2.05) is 0 Å². The standard InChI is InChI=1S/C26H29.C13H10.2ClH.Zr/c1-25(2,3)20-11-12-21-18(14-20)13-19-15-24(26(4,5)6)23(16-22(19)21)17-9-7-8-10-17;1-3-7-12(8-4-1)11-13-9-5-2-6-10-13;;;/h7-9,11-12,14,16H,10,13H2,1-6H3;1-10H;2*1H;/q-1;;;;+2/p-2. The summed E-state index contributed by atoms with van der Waals surface area (Å²) in [4.78, 5) is 0. The first kappa shape index (κ1) is 34.2. The predicted octanol–water partition coefficient (Wildman–Crippen LogP) is 3.81. The first-order valence-electron chi connectivity index (χ1n) is 14.3. The van der Waals surface area contributed by atoms with Gasteiger partial charge in [-0.1, -0.05) is 89.1 Å². The fourth-order valence-corrected chi connectivity index (χ4v) is 6.32. The first-order chi connectivity index (χ1) is 19.0. The first-order valence-corrected chi connectivity index (χ1v) is 15.5. The zero-order chi connectivity index (χ0) is 28.5. The summed E-state index contributed by atoms with van der Waals surface area (Å²) >= 11 is 1.46. The Labute approximate surface area is 280 Å². The monoisotopic (exact) mass is 667 g/mol. The van der Waals surface area contributed by atoms with Gasteiger partial charge in [-0.05, 0) is 34.8 Å². The van der Waals surface area contributed by atoms with Gasteiger partial charge >= 0.3 is 99.2 Å². The molecule has 42 heavy (non-hydrogen) atoms. The minimum absolute atomic E-state index is 0. The molecule has 4 aromatic rings. The molecule has 0 atom stereocenters. The summed E-state index contributed by atoms with van der Waals surface area (Å²) in [6, 6.07) is 34.4. The van der Waals surface area contributed by atoms with E-state index in [1.165, 1.54) is 83.1 Å². The summed E-state index contributed by atoms with van der Waals surface area (Å²) in [6.45, 7) is 13.8. The number of benzene rings is 4. The van der Waals surface area contributed by atoms with Gasteiger partial charge in [0.25, 0.3) is 0 Å². The fourth-order valence-electron chi connectivity index (χ4n) is 5.50. The van der Waals surface area contributed by atoms with Crippen molar-refractivity contribution in [1.82, 2.24) is 0 Å². The molecule has 0 saturated carbocycles. The SMILES string of the molecule is CC(C)(C)c1ccc2c(c1)Cc1[c-]c(C(C)(C)C)c(C3=CC=CC3)cc1-2.[Cl-].[Cl-].[Zr+2]=[C](c1ccccc1)c1ccccc1. The topological polar surface area (TPSA) is 0 Å². The Morgan fingerprint density at radius 3 is 1.79 bits per heavy atom. The normalized spacial score (nSPS) is 13.1. The van der Waals surface area contributed by atoms with Gasteiger partial charge in [-0.25, -0.2) is 0 Å². The van der Waals surface area contributed by atoms with Crippen molar-refractivity contribution in [1.29, 1.82) is 0 Å². The van der Waals surface area contributed by atoms with Gasteiger partial charge in [0, 0.05) is 0 Å². The number of halogens is 2. The summed E-state index contributed by atoms with van der Waals surface area (Å²) in [6.07, 6.45) is 8.74. The summed E-state index contributed by atoms with van der Waals surface area (Å²) in [7, 11) is 0. The second-order valence-electron chi connectivity index (χ2n) is 12.9. The van der Waals surface area contributed by atoms with Crippen LogP contribution in [0.15, 0.2) is 103 Å². The number of rotatable bonds is 3. The number of hydrogen-bond acceptors (Lipinski definition) is 0. The summed E-state index contributed by atoms with van der Waals surface area (Å²) < 4.78 is 1.42. The van der Waals surface area contributed by atoms with Crippen LogP contribution in [0, 0.1) is 6.07 Å². The minimum atomic E-state index is 0. The van der Waals surface area contributed by atoms with Crippen LogP contribution in [0.25, 0.3) is 16.7 Å². The van der Waals surface area contributed by atoms with Gasteiger partial charge in [0.1, 0.15) is 0 Å². The second-order valence-corrected chi connectivity index (χ2v) is 14.2. The Hall–Kier alpha value is -2.31. The molecule has 0 aromatic heterocycles. The molecule has 0 amide bonds. The van der Waals surface area contributed by atoms with E-state index < -0.39 is 0 Å². The van der Waals surface area contributed by atoms with Gasteiger partial charge in [0.2, 0.25) is 0 Å². The molecular formula is C39H39Cl2Zr-. The maximum atomic E-state index is 3.85. The van der Waals surface area contributed by atoms with Crippen LogP contribution in [0.1, 0.15) is 86.9 Å². The van der Waals surface area contributed by atoms with Crippen LogP contribution < -0.4 is 24.8 Å². The molecule has 0 fully saturated rings. The fraction of sp³-hybridized carbons (Fsp3) is 0.256. The van der Waals surface area contributed by atoms with Crippen LogP contribution in [0.5, 0.6) is 0 Å². The van der Waals surface area contributed by atoms with E-state index in [2.05, 4.69) is 151 Å². The molecule has 214 valence electrons. The van der Waals surface area contributed by atoms with E-state index in [0.29, 0.717) is 0 Å². The molecule has 0 bridgehead atoms.